The van der Waals surface area contributed by atoms with Crippen molar-refractivity contribution in [3.63, 3.8) is 0 Å². The molecule has 1 amide bonds. The van der Waals surface area contributed by atoms with Crippen molar-refractivity contribution in [1.82, 2.24) is 9.62 Å². The zero-order valence-corrected chi connectivity index (χ0v) is 16.3. The first kappa shape index (κ1) is 19.2. The first-order valence-corrected chi connectivity index (χ1v) is 11.1. The monoisotopic (exact) mass is 380 g/mol. The summed E-state index contributed by atoms with van der Waals surface area (Å²) in [5.41, 5.74) is 2.55. The first-order chi connectivity index (χ1) is 12.4. The molecule has 0 bridgehead atoms. The molecule has 1 N–H and O–H groups in total. The van der Waals surface area contributed by atoms with Crippen molar-refractivity contribution < 1.29 is 17.9 Å². The molecule has 1 unspecified atom stereocenters. The molecule has 0 radical (unpaired) electrons. The van der Waals surface area contributed by atoms with Crippen LogP contribution in [0.2, 0.25) is 0 Å². The highest BCUT2D eigenvalue weighted by atomic mass is 32.2. The van der Waals surface area contributed by atoms with Gasteiger partial charge in [0.2, 0.25) is 15.9 Å². The van der Waals surface area contributed by atoms with Gasteiger partial charge in [-0.25, -0.2) is 12.7 Å². The zero-order chi connectivity index (χ0) is 18.7. The molecule has 1 aromatic rings. The highest BCUT2D eigenvalue weighted by molar-refractivity contribution is 7.88. The van der Waals surface area contributed by atoms with Crippen LogP contribution in [-0.2, 0) is 21.2 Å². The number of hydrogen-bond acceptors (Lipinski definition) is 4. The molecule has 26 heavy (non-hydrogen) atoms. The van der Waals surface area contributed by atoms with Gasteiger partial charge in [-0.05, 0) is 61.3 Å². The van der Waals surface area contributed by atoms with Crippen molar-refractivity contribution in [1.29, 1.82) is 0 Å². The maximum Gasteiger partial charge on any atom is 0.220 e. The second-order valence-electron chi connectivity index (χ2n) is 7.36. The van der Waals surface area contributed by atoms with Crippen LogP contribution in [0.5, 0.6) is 5.75 Å². The molecule has 7 heteroatoms. The summed E-state index contributed by atoms with van der Waals surface area (Å²) in [4.78, 5) is 12.5. The van der Waals surface area contributed by atoms with Crippen molar-refractivity contribution >= 4 is 15.9 Å². The van der Waals surface area contributed by atoms with Gasteiger partial charge in [0.15, 0.2) is 0 Å². The Hall–Kier alpha value is -1.60. The van der Waals surface area contributed by atoms with Gasteiger partial charge < -0.3 is 10.1 Å². The third-order valence-electron chi connectivity index (χ3n) is 5.51. The molecule has 0 saturated carbocycles. The quantitative estimate of drug-likeness (QED) is 0.848. The van der Waals surface area contributed by atoms with Gasteiger partial charge in [-0.1, -0.05) is 6.07 Å². The highest BCUT2D eigenvalue weighted by Gasteiger charge is 2.27. The number of hydrogen-bond donors (Lipinski definition) is 1. The van der Waals surface area contributed by atoms with Gasteiger partial charge >= 0.3 is 0 Å². The van der Waals surface area contributed by atoms with E-state index in [1.54, 1.807) is 7.11 Å². The lowest BCUT2D eigenvalue weighted by Gasteiger charge is -2.31. The number of nitrogens with zero attached hydrogens (tertiary/aromatic N) is 1. The number of benzene rings is 1. The third-order valence-corrected chi connectivity index (χ3v) is 6.81. The number of aryl methyl sites for hydroxylation is 1. The summed E-state index contributed by atoms with van der Waals surface area (Å²) in [7, 11) is -1.46. The molecule has 1 aromatic carbocycles. The van der Waals surface area contributed by atoms with Crippen LogP contribution in [0.3, 0.4) is 0 Å². The van der Waals surface area contributed by atoms with E-state index in [9.17, 15) is 13.2 Å². The van der Waals surface area contributed by atoms with Gasteiger partial charge in [0.05, 0.1) is 13.4 Å². The molecule has 1 aliphatic carbocycles. The molecular weight excluding hydrogens is 352 g/mol. The standard InChI is InChI=1S/C19H28N2O4S/c1-25-17-6-7-18-14(12-17)4-3-5-15(18)13-19(22)20-16-8-10-21(11-9-16)26(2,23)24/h6-7,12,15-16H,3-5,8-11,13H2,1-2H3,(H,20,22). The van der Waals surface area contributed by atoms with Crippen molar-refractivity contribution in [3.8, 4) is 5.75 Å². The van der Waals surface area contributed by atoms with Gasteiger partial charge in [-0.3, -0.25) is 4.79 Å². The average molecular weight is 381 g/mol. The van der Waals surface area contributed by atoms with Crippen molar-refractivity contribution in [2.45, 2.75) is 50.5 Å². The number of amides is 1. The molecule has 1 atom stereocenters. The molecule has 3 rings (SSSR count). The van der Waals surface area contributed by atoms with Crippen molar-refractivity contribution in [2.75, 3.05) is 26.5 Å². The number of carbonyl (C=O) groups is 1. The largest absolute Gasteiger partial charge is 0.497 e. The number of nitrogens with one attached hydrogen (secondary N) is 1. The van der Waals surface area contributed by atoms with Crippen molar-refractivity contribution in [3.05, 3.63) is 29.3 Å². The van der Waals surface area contributed by atoms with E-state index in [-0.39, 0.29) is 17.9 Å². The summed E-state index contributed by atoms with van der Waals surface area (Å²) < 4.78 is 29.9. The fourth-order valence-electron chi connectivity index (χ4n) is 4.07. The minimum Gasteiger partial charge on any atom is -0.497 e. The van der Waals surface area contributed by atoms with Crippen LogP contribution in [0.1, 0.15) is 49.1 Å². The van der Waals surface area contributed by atoms with Gasteiger partial charge in [0, 0.05) is 25.6 Å². The Bertz CT molecular complexity index is 755. The minimum absolute atomic E-state index is 0.0662. The van der Waals surface area contributed by atoms with E-state index in [4.69, 9.17) is 4.74 Å². The smallest absolute Gasteiger partial charge is 0.220 e. The Balaban J connectivity index is 1.55. The van der Waals surface area contributed by atoms with Crippen LogP contribution in [0, 0.1) is 0 Å². The molecule has 1 aliphatic heterocycles. The molecule has 2 aliphatic rings. The second kappa shape index (κ2) is 7.96. The van der Waals surface area contributed by atoms with E-state index in [0.29, 0.717) is 32.4 Å². The Labute approximate surface area is 156 Å². The molecule has 0 aromatic heterocycles. The lowest BCUT2D eigenvalue weighted by molar-refractivity contribution is -0.122. The lowest BCUT2D eigenvalue weighted by atomic mass is 9.81. The lowest BCUT2D eigenvalue weighted by Crippen LogP contribution is -2.46. The Morgan fingerprint density at radius 3 is 2.65 bits per heavy atom. The third kappa shape index (κ3) is 4.57. The number of methoxy groups -OCH3 is 1. The summed E-state index contributed by atoms with van der Waals surface area (Å²) in [6.07, 6.45) is 6.24. The maximum absolute atomic E-state index is 12.5. The molecule has 6 nitrogen and oxygen atoms in total. The minimum atomic E-state index is -3.13. The normalized spacial score (nSPS) is 21.8. The topological polar surface area (TPSA) is 75.7 Å². The van der Waals surface area contributed by atoms with Crippen LogP contribution < -0.4 is 10.1 Å². The fraction of sp³-hybridized carbons (Fsp3) is 0.632. The zero-order valence-electron chi connectivity index (χ0n) is 15.5. The van der Waals surface area contributed by atoms with E-state index in [1.807, 2.05) is 6.07 Å². The van der Waals surface area contributed by atoms with Crippen LogP contribution in [0.15, 0.2) is 18.2 Å². The maximum atomic E-state index is 12.5. The summed E-state index contributed by atoms with van der Waals surface area (Å²) >= 11 is 0. The number of sulfonamides is 1. The number of ether oxygens (including phenoxy) is 1. The first-order valence-electron chi connectivity index (χ1n) is 9.28. The molecule has 1 fully saturated rings. The van der Waals surface area contributed by atoms with Gasteiger partial charge in [0.25, 0.3) is 0 Å². The summed E-state index contributed by atoms with van der Waals surface area (Å²) in [6.45, 7) is 0.964. The fourth-order valence-corrected chi connectivity index (χ4v) is 4.95. The summed E-state index contributed by atoms with van der Waals surface area (Å²) in [5.74, 6) is 1.18. The predicted molar refractivity (Wildman–Crippen MR) is 101 cm³/mol. The van der Waals surface area contributed by atoms with E-state index in [2.05, 4.69) is 17.4 Å². The highest BCUT2D eigenvalue weighted by Crippen LogP contribution is 2.35. The molecular formula is C19H28N2O4S. The van der Waals surface area contributed by atoms with E-state index >= 15 is 0 Å². The molecule has 144 valence electrons. The summed E-state index contributed by atoms with van der Waals surface area (Å²) in [6, 6.07) is 6.21. The van der Waals surface area contributed by atoms with E-state index < -0.39 is 10.0 Å². The molecule has 1 heterocycles. The predicted octanol–water partition coefficient (Wildman–Crippen LogP) is 2.05. The number of piperidine rings is 1. The number of rotatable bonds is 5. The van der Waals surface area contributed by atoms with Crippen LogP contribution >= 0.6 is 0 Å². The molecule has 0 spiro atoms. The number of fused-ring (bicyclic) bond motifs is 1. The SMILES string of the molecule is COc1ccc2c(c1)CCCC2CC(=O)NC1CCN(S(C)(=O)=O)CC1. The average Bonchev–Trinajstić information content (AvgIpc) is 2.61. The molecule has 1 saturated heterocycles. The van der Waals surface area contributed by atoms with Gasteiger partial charge in [-0.2, -0.15) is 0 Å². The Kier molecular flexibility index (Phi) is 5.87. The van der Waals surface area contributed by atoms with Gasteiger partial charge in [0.1, 0.15) is 5.75 Å². The Morgan fingerprint density at radius 1 is 1.27 bits per heavy atom. The van der Waals surface area contributed by atoms with Crippen molar-refractivity contribution in [2.24, 2.45) is 0 Å². The number of carbonyl (C=O) groups excluding carboxylic acids is 1. The van der Waals surface area contributed by atoms with Crippen LogP contribution in [0.25, 0.3) is 0 Å². The van der Waals surface area contributed by atoms with Crippen LogP contribution in [0.4, 0.5) is 0 Å². The second-order valence-corrected chi connectivity index (χ2v) is 9.34. The van der Waals surface area contributed by atoms with Crippen LogP contribution in [-0.4, -0.2) is 51.1 Å². The van der Waals surface area contributed by atoms with Gasteiger partial charge in [-0.15, -0.1) is 0 Å². The van der Waals surface area contributed by atoms with E-state index in [0.717, 1.165) is 25.0 Å². The summed E-state index contributed by atoms with van der Waals surface area (Å²) in [5, 5.41) is 3.11. The Morgan fingerprint density at radius 2 is 2.00 bits per heavy atom. The van der Waals surface area contributed by atoms with E-state index in [1.165, 1.54) is 21.7 Å².